The van der Waals surface area contributed by atoms with Gasteiger partial charge in [-0.15, -0.1) is 0 Å². The van der Waals surface area contributed by atoms with Crippen molar-refractivity contribution in [1.82, 2.24) is 0 Å². The SMILES string of the molecule is CCCCCCCCCCCCCCCCCCCCCCCCO.CCCCCCCCCCCCCCCCCCCCCCCO. The van der Waals surface area contributed by atoms with Crippen LogP contribution in [0.15, 0.2) is 0 Å². The van der Waals surface area contributed by atoms with E-state index < -0.39 is 0 Å². The maximum atomic E-state index is 8.72. The van der Waals surface area contributed by atoms with Crippen LogP contribution in [-0.4, -0.2) is 23.4 Å². The molecule has 0 aromatic carbocycles. The zero-order chi connectivity index (χ0) is 35.8. The van der Waals surface area contributed by atoms with E-state index in [4.69, 9.17) is 10.2 Å². The molecule has 0 amide bonds. The first-order valence-electron chi connectivity index (χ1n) is 23.5. The van der Waals surface area contributed by atoms with E-state index in [1.54, 1.807) is 0 Å². The Morgan fingerprint density at radius 1 is 0.163 bits per heavy atom. The molecule has 298 valence electrons. The first-order valence-corrected chi connectivity index (χ1v) is 23.5. The van der Waals surface area contributed by atoms with Crippen molar-refractivity contribution in [2.24, 2.45) is 0 Å². The van der Waals surface area contributed by atoms with Crippen molar-refractivity contribution < 1.29 is 10.2 Å². The molecule has 2 nitrogen and oxygen atoms in total. The van der Waals surface area contributed by atoms with Crippen molar-refractivity contribution in [3.63, 3.8) is 0 Å². The second-order valence-electron chi connectivity index (χ2n) is 15.9. The minimum atomic E-state index is 0.374. The molecule has 0 radical (unpaired) electrons. The highest BCUT2D eigenvalue weighted by atomic mass is 16.3. The van der Waals surface area contributed by atoms with Gasteiger partial charge in [0.1, 0.15) is 0 Å². The number of aliphatic hydroxyl groups excluding tert-OH is 2. The van der Waals surface area contributed by atoms with Crippen LogP contribution < -0.4 is 0 Å². The Balaban J connectivity index is 0. The van der Waals surface area contributed by atoms with Crippen molar-refractivity contribution in [1.29, 1.82) is 0 Å². The quantitative estimate of drug-likeness (QED) is 0.0624. The fraction of sp³-hybridized carbons (Fsp3) is 1.00. The zero-order valence-electron chi connectivity index (χ0n) is 34.7. The molecule has 0 saturated carbocycles. The van der Waals surface area contributed by atoms with Gasteiger partial charge in [-0.2, -0.15) is 0 Å². The molecule has 0 saturated heterocycles. The summed E-state index contributed by atoms with van der Waals surface area (Å²) in [7, 11) is 0. The lowest BCUT2D eigenvalue weighted by molar-refractivity contribution is 0.282. The monoisotopic (exact) mass is 695 g/mol. The summed E-state index contributed by atoms with van der Waals surface area (Å²) in [6.45, 7) is 5.34. The van der Waals surface area contributed by atoms with Gasteiger partial charge in [0.2, 0.25) is 0 Å². The Hall–Kier alpha value is -0.0800. The largest absolute Gasteiger partial charge is 0.396 e. The minimum absolute atomic E-state index is 0.374. The normalized spacial score (nSPS) is 11.3. The first-order chi connectivity index (χ1) is 24.3. The standard InChI is InChI=1S/C24H50O.C23H48O/c1-2-3-4-5-6-7-8-9-10-11-12-13-14-15-16-17-18-19-20-21-22-23-24-25;1-2-3-4-5-6-7-8-9-10-11-12-13-14-15-16-17-18-19-20-21-22-23-24/h25H,2-24H2,1H3;24H,2-23H2,1H3. The molecular formula is C47H98O2. The summed E-state index contributed by atoms with van der Waals surface area (Å²) in [5.74, 6) is 0. The van der Waals surface area contributed by atoms with Crippen LogP contribution in [0.3, 0.4) is 0 Å². The van der Waals surface area contributed by atoms with Crippen LogP contribution in [-0.2, 0) is 0 Å². The predicted octanol–water partition coefficient (Wildman–Crippen LogP) is 16.8. The molecule has 0 aliphatic carbocycles. The fourth-order valence-electron chi connectivity index (χ4n) is 7.26. The van der Waals surface area contributed by atoms with E-state index in [9.17, 15) is 0 Å². The molecule has 0 atom stereocenters. The summed E-state index contributed by atoms with van der Waals surface area (Å²) < 4.78 is 0. The van der Waals surface area contributed by atoms with Gasteiger partial charge in [-0.25, -0.2) is 0 Å². The van der Waals surface area contributed by atoms with E-state index >= 15 is 0 Å². The lowest BCUT2D eigenvalue weighted by atomic mass is 10.0. The lowest BCUT2D eigenvalue weighted by Gasteiger charge is -2.04. The van der Waals surface area contributed by atoms with Gasteiger partial charge in [-0.3, -0.25) is 0 Å². The van der Waals surface area contributed by atoms with Crippen molar-refractivity contribution in [3.05, 3.63) is 0 Å². The van der Waals surface area contributed by atoms with E-state index in [1.807, 2.05) is 0 Å². The maximum absolute atomic E-state index is 8.72. The van der Waals surface area contributed by atoms with Crippen LogP contribution >= 0.6 is 0 Å². The molecule has 0 spiro atoms. The third kappa shape index (κ3) is 54.9. The van der Waals surface area contributed by atoms with Crippen molar-refractivity contribution in [3.8, 4) is 0 Å². The van der Waals surface area contributed by atoms with Crippen LogP contribution in [0, 0.1) is 0 Å². The molecule has 0 aromatic heterocycles. The summed E-state index contributed by atoms with van der Waals surface area (Å²) in [4.78, 5) is 0. The summed E-state index contributed by atoms with van der Waals surface area (Å²) in [5, 5.41) is 17.4. The van der Waals surface area contributed by atoms with Crippen LogP contribution in [0.2, 0.25) is 0 Å². The molecule has 0 rings (SSSR count). The molecule has 0 aliphatic heterocycles. The highest BCUT2D eigenvalue weighted by Crippen LogP contribution is 2.17. The van der Waals surface area contributed by atoms with Gasteiger partial charge in [0.05, 0.1) is 0 Å². The molecule has 0 bridgehead atoms. The molecule has 2 heteroatoms. The van der Waals surface area contributed by atoms with Gasteiger partial charge < -0.3 is 10.2 Å². The van der Waals surface area contributed by atoms with Crippen LogP contribution in [0.5, 0.6) is 0 Å². The van der Waals surface area contributed by atoms with Crippen molar-refractivity contribution >= 4 is 0 Å². The maximum Gasteiger partial charge on any atom is 0.0431 e. The smallest absolute Gasteiger partial charge is 0.0431 e. The number of unbranched alkanes of at least 4 members (excludes halogenated alkanes) is 41. The molecular weight excluding hydrogens is 597 g/mol. The van der Waals surface area contributed by atoms with Gasteiger partial charge in [0, 0.05) is 13.2 Å². The number of hydrogen-bond donors (Lipinski definition) is 2. The van der Waals surface area contributed by atoms with Crippen LogP contribution in [0.25, 0.3) is 0 Å². The predicted molar refractivity (Wildman–Crippen MR) is 224 cm³/mol. The second kappa shape index (κ2) is 52.3. The van der Waals surface area contributed by atoms with Crippen molar-refractivity contribution in [2.75, 3.05) is 13.2 Å². The average molecular weight is 695 g/mol. The van der Waals surface area contributed by atoms with E-state index in [1.165, 1.54) is 263 Å². The summed E-state index contributed by atoms with van der Waals surface area (Å²) in [6, 6.07) is 0. The van der Waals surface area contributed by atoms with Crippen LogP contribution in [0.1, 0.15) is 290 Å². The first kappa shape index (κ1) is 51.0. The number of hydrogen-bond acceptors (Lipinski definition) is 2. The Bertz CT molecular complexity index is 462. The Morgan fingerprint density at radius 3 is 0.367 bits per heavy atom. The van der Waals surface area contributed by atoms with E-state index in [-0.39, 0.29) is 0 Å². The molecule has 0 heterocycles. The summed E-state index contributed by atoms with van der Waals surface area (Å²) in [6.07, 6.45) is 60.7. The average Bonchev–Trinajstić information content (AvgIpc) is 3.12. The number of rotatable bonds is 43. The van der Waals surface area contributed by atoms with E-state index in [2.05, 4.69) is 13.8 Å². The molecule has 0 fully saturated rings. The van der Waals surface area contributed by atoms with Gasteiger partial charge in [0.25, 0.3) is 0 Å². The van der Waals surface area contributed by atoms with E-state index in [0.29, 0.717) is 13.2 Å². The summed E-state index contributed by atoms with van der Waals surface area (Å²) in [5.41, 5.74) is 0. The molecule has 2 N–H and O–H groups in total. The van der Waals surface area contributed by atoms with Gasteiger partial charge >= 0.3 is 0 Å². The molecule has 0 unspecified atom stereocenters. The van der Waals surface area contributed by atoms with Crippen LogP contribution in [0.4, 0.5) is 0 Å². The summed E-state index contributed by atoms with van der Waals surface area (Å²) >= 11 is 0. The lowest BCUT2D eigenvalue weighted by Crippen LogP contribution is -1.85. The highest BCUT2D eigenvalue weighted by molar-refractivity contribution is 4.53. The van der Waals surface area contributed by atoms with Gasteiger partial charge in [-0.1, -0.05) is 277 Å². The van der Waals surface area contributed by atoms with Gasteiger partial charge in [-0.05, 0) is 12.8 Å². The third-order valence-corrected chi connectivity index (χ3v) is 10.8. The molecule has 0 aliphatic rings. The molecule has 0 aromatic rings. The zero-order valence-corrected chi connectivity index (χ0v) is 34.7. The Labute approximate surface area is 312 Å². The second-order valence-corrected chi connectivity index (χ2v) is 15.9. The fourth-order valence-corrected chi connectivity index (χ4v) is 7.26. The Kier molecular flexibility index (Phi) is 54.4. The van der Waals surface area contributed by atoms with E-state index in [0.717, 1.165) is 12.8 Å². The molecule has 49 heavy (non-hydrogen) atoms. The van der Waals surface area contributed by atoms with Gasteiger partial charge in [0.15, 0.2) is 0 Å². The number of aliphatic hydroxyl groups is 2. The Morgan fingerprint density at radius 2 is 0.265 bits per heavy atom. The minimum Gasteiger partial charge on any atom is -0.396 e. The highest BCUT2D eigenvalue weighted by Gasteiger charge is 1.97. The topological polar surface area (TPSA) is 40.5 Å². The third-order valence-electron chi connectivity index (χ3n) is 10.8. The van der Waals surface area contributed by atoms with Crippen molar-refractivity contribution in [2.45, 2.75) is 290 Å².